The molecule has 0 bridgehead atoms. The largest absolute Gasteiger partial charge is 0.374 e. The smallest absolute Gasteiger partial charge is 0.0829 e. The van der Waals surface area contributed by atoms with E-state index in [0.717, 1.165) is 38.7 Å². The van der Waals surface area contributed by atoms with E-state index < -0.39 is 0 Å². The lowest BCUT2D eigenvalue weighted by atomic mass is 10.00. The van der Waals surface area contributed by atoms with E-state index in [-0.39, 0.29) is 0 Å². The van der Waals surface area contributed by atoms with Gasteiger partial charge in [-0.2, -0.15) is 0 Å². The van der Waals surface area contributed by atoms with Crippen LogP contribution < -0.4 is 5.32 Å². The Bertz CT molecular complexity index is 272. The van der Waals surface area contributed by atoms with Crippen molar-refractivity contribution in [3.05, 3.63) is 0 Å². The molecule has 1 N–H and O–H groups in total. The molecule has 3 atom stereocenters. The van der Waals surface area contributed by atoms with E-state index in [9.17, 15) is 0 Å². The molecule has 0 aromatic rings. The molecule has 0 aliphatic carbocycles. The van der Waals surface area contributed by atoms with Crippen LogP contribution in [0, 0.1) is 5.92 Å². The third kappa shape index (κ3) is 4.71. The second kappa shape index (κ2) is 7.02. The maximum atomic E-state index is 5.91. The first-order chi connectivity index (χ1) is 9.04. The second-order valence-electron chi connectivity index (χ2n) is 6.79. The number of nitrogens with zero attached hydrogens (tertiary/aromatic N) is 2. The summed E-state index contributed by atoms with van der Waals surface area (Å²) in [5.74, 6) is 0.768. The van der Waals surface area contributed by atoms with Crippen molar-refractivity contribution in [2.75, 3.05) is 46.4 Å². The summed E-state index contributed by atoms with van der Waals surface area (Å²) in [6.07, 6.45) is 1.66. The number of nitrogens with one attached hydrogen (secondary N) is 1. The van der Waals surface area contributed by atoms with Crippen LogP contribution in [0.2, 0.25) is 0 Å². The van der Waals surface area contributed by atoms with Crippen molar-refractivity contribution in [3.8, 4) is 0 Å². The van der Waals surface area contributed by atoms with Crippen molar-refractivity contribution < 1.29 is 4.74 Å². The molecule has 4 heteroatoms. The molecule has 3 unspecified atom stereocenters. The molecule has 0 spiro atoms. The van der Waals surface area contributed by atoms with Crippen LogP contribution in [0.3, 0.4) is 0 Å². The Morgan fingerprint density at radius 1 is 1.32 bits per heavy atom. The monoisotopic (exact) mass is 269 g/mol. The molecular weight excluding hydrogens is 238 g/mol. The first-order valence-electron chi connectivity index (χ1n) is 7.82. The minimum absolute atomic E-state index is 0.388. The van der Waals surface area contributed by atoms with Gasteiger partial charge >= 0.3 is 0 Å². The van der Waals surface area contributed by atoms with E-state index in [1.54, 1.807) is 0 Å². The summed E-state index contributed by atoms with van der Waals surface area (Å²) in [4.78, 5) is 5.00. The molecule has 2 heterocycles. The van der Waals surface area contributed by atoms with Crippen LogP contribution in [0.1, 0.15) is 27.2 Å². The summed E-state index contributed by atoms with van der Waals surface area (Å²) in [7, 11) is 2.19. The molecule has 112 valence electrons. The van der Waals surface area contributed by atoms with Crippen LogP contribution >= 0.6 is 0 Å². The minimum atomic E-state index is 0.388. The fraction of sp³-hybridized carbons (Fsp3) is 1.00. The van der Waals surface area contributed by atoms with E-state index in [4.69, 9.17) is 4.74 Å². The van der Waals surface area contributed by atoms with Gasteiger partial charge in [-0.05, 0) is 26.3 Å². The number of hydrogen-bond acceptors (Lipinski definition) is 4. The number of ether oxygens (including phenoxy) is 1. The van der Waals surface area contributed by atoms with Gasteiger partial charge in [0.2, 0.25) is 0 Å². The summed E-state index contributed by atoms with van der Waals surface area (Å²) in [6.45, 7) is 13.3. The molecule has 0 saturated carbocycles. The molecule has 2 fully saturated rings. The first-order valence-corrected chi connectivity index (χ1v) is 7.82. The Morgan fingerprint density at radius 2 is 2.11 bits per heavy atom. The van der Waals surface area contributed by atoms with Gasteiger partial charge in [-0.1, -0.05) is 13.8 Å². The molecule has 0 aromatic carbocycles. The zero-order valence-corrected chi connectivity index (χ0v) is 13.1. The SMILES string of the molecule is CC(C)CC1CN(CC2CN(C)CCO2)C(C)CN1. The van der Waals surface area contributed by atoms with Crippen molar-refractivity contribution in [2.24, 2.45) is 5.92 Å². The normalized spacial score (nSPS) is 34.9. The second-order valence-corrected chi connectivity index (χ2v) is 6.79. The van der Waals surface area contributed by atoms with Crippen molar-refractivity contribution in [1.82, 2.24) is 15.1 Å². The molecule has 2 saturated heterocycles. The van der Waals surface area contributed by atoms with Crippen LogP contribution in [0.5, 0.6) is 0 Å². The van der Waals surface area contributed by atoms with Gasteiger partial charge < -0.3 is 15.0 Å². The number of likely N-dealkylation sites (N-methyl/N-ethyl adjacent to an activating group) is 1. The van der Waals surface area contributed by atoms with Gasteiger partial charge in [-0.25, -0.2) is 0 Å². The molecule has 0 amide bonds. The predicted molar refractivity (Wildman–Crippen MR) is 79.5 cm³/mol. The van der Waals surface area contributed by atoms with E-state index in [1.165, 1.54) is 13.0 Å². The number of piperazine rings is 1. The van der Waals surface area contributed by atoms with Crippen molar-refractivity contribution >= 4 is 0 Å². The minimum Gasteiger partial charge on any atom is -0.374 e. The average molecular weight is 269 g/mol. The van der Waals surface area contributed by atoms with Crippen LogP contribution in [-0.4, -0.2) is 74.4 Å². The summed E-state index contributed by atoms with van der Waals surface area (Å²) in [6, 6.07) is 1.27. The lowest BCUT2D eigenvalue weighted by molar-refractivity contribution is -0.0455. The Hall–Kier alpha value is -0.160. The lowest BCUT2D eigenvalue weighted by Crippen LogP contribution is -2.58. The van der Waals surface area contributed by atoms with Gasteiger partial charge in [0.1, 0.15) is 0 Å². The van der Waals surface area contributed by atoms with Gasteiger partial charge in [-0.3, -0.25) is 4.90 Å². The van der Waals surface area contributed by atoms with E-state index >= 15 is 0 Å². The highest BCUT2D eigenvalue weighted by Crippen LogP contribution is 2.15. The van der Waals surface area contributed by atoms with Gasteiger partial charge in [0.05, 0.1) is 12.7 Å². The van der Waals surface area contributed by atoms with E-state index in [2.05, 4.69) is 42.9 Å². The van der Waals surface area contributed by atoms with Gasteiger partial charge in [0.25, 0.3) is 0 Å². The lowest BCUT2D eigenvalue weighted by Gasteiger charge is -2.42. The fourth-order valence-electron chi connectivity index (χ4n) is 3.21. The molecule has 0 radical (unpaired) electrons. The molecule has 19 heavy (non-hydrogen) atoms. The van der Waals surface area contributed by atoms with Crippen molar-refractivity contribution in [2.45, 2.75) is 45.4 Å². The Kier molecular flexibility index (Phi) is 5.63. The first kappa shape index (κ1) is 15.2. The topological polar surface area (TPSA) is 27.7 Å². The Labute approximate surface area is 118 Å². The summed E-state index contributed by atoms with van der Waals surface area (Å²) in [5, 5.41) is 3.68. The zero-order chi connectivity index (χ0) is 13.8. The van der Waals surface area contributed by atoms with E-state index in [1.807, 2.05) is 0 Å². The Morgan fingerprint density at radius 3 is 2.79 bits per heavy atom. The van der Waals surface area contributed by atoms with Crippen LogP contribution in [0.4, 0.5) is 0 Å². The van der Waals surface area contributed by atoms with Gasteiger partial charge in [0, 0.05) is 44.8 Å². The van der Waals surface area contributed by atoms with Gasteiger partial charge in [0.15, 0.2) is 0 Å². The average Bonchev–Trinajstić information content (AvgIpc) is 2.33. The number of morpholine rings is 1. The number of hydrogen-bond donors (Lipinski definition) is 1. The maximum absolute atomic E-state index is 5.91. The van der Waals surface area contributed by atoms with E-state index in [0.29, 0.717) is 18.2 Å². The molecule has 4 nitrogen and oxygen atoms in total. The molecule has 2 aliphatic rings. The molecule has 2 rings (SSSR count). The number of rotatable bonds is 4. The molecule has 2 aliphatic heterocycles. The van der Waals surface area contributed by atoms with Crippen LogP contribution in [0.15, 0.2) is 0 Å². The summed E-state index contributed by atoms with van der Waals surface area (Å²) < 4.78 is 5.91. The fourth-order valence-corrected chi connectivity index (χ4v) is 3.21. The standard InChI is InChI=1S/C15H31N3O/c1-12(2)7-14-9-18(13(3)8-16-14)11-15-10-17(4)5-6-19-15/h12-16H,5-11H2,1-4H3. The highest BCUT2D eigenvalue weighted by molar-refractivity contribution is 4.86. The zero-order valence-electron chi connectivity index (χ0n) is 13.1. The molecule has 0 aromatic heterocycles. The van der Waals surface area contributed by atoms with Crippen molar-refractivity contribution in [1.29, 1.82) is 0 Å². The summed E-state index contributed by atoms with van der Waals surface area (Å²) in [5.41, 5.74) is 0. The predicted octanol–water partition coefficient (Wildman–Crippen LogP) is 1.03. The Balaban J connectivity index is 1.82. The van der Waals surface area contributed by atoms with Gasteiger partial charge in [-0.15, -0.1) is 0 Å². The highest BCUT2D eigenvalue weighted by atomic mass is 16.5. The summed E-state index contributed by atoms with van der Waals surface area (Å²) >= 11 is 0. The third-order valence-electron chi connectivity index (χ3n) is 4.32. The van der Waals surface area contributed by atoms with Crippen LogP contribution in [0.25, 0.3) is 0 Å². The maximum Gasteiger partial charge on any atom is 0.0829 e. The third-order valence-corrected chi connectivity index (χ3v) is 4.32. The highest BCUT2D eigenvalue weighted by Gasteiger charge is 2.28. The quantitative estimate of drug-likeness (QED) is 0.825. The molecular formula is C15H31N3O. The van der Waals surface area contributed by atoms with Crippen LogP contribution in [-0.2, 0) is 4.74 Å². The van der Waals surface area contributed by atoms with Crippen molar-refractivity contribution in [3.63, 3.8) is 0 Å².